The highest BCUT2D eigenvalue weighted by molar-refractivity contribution is 6.74. The lowest BCUT2D eigenvalue weighted by Crippen LogP contribution is -2.69. The van der Waals surface area contributed by atoms with Gasteiger partial charge in [0.05, 0.1) is 29.5 Å². The summed E-state index contributed by atoms with van der Waals surface area (Å²) < 4.78 is 12.4. The van der Waals surface area contributed by atoms with Gasteiger partial charge in [-0.3, -0.25) is 14.4 Å². The van der Waals surface area contributed by atoms with Gasteiger partial charge in [0.15, 0.2) is 14.0 Å². The molecule has 4 atom stereocenters. The lowest BCUT2D eigenvalue weighted by atomic mass is 9.78. The zero-order valence-corrected chi connectivity index (χ0v) is 21.6. The number of β-lactam (4-membered cyclic amide) rings is 1. The van der Waals surface area contributed by atoms with Gasteiger partial charge in [-0.15, -0.1) is 0 Å². The van der Waals surface area contributed by atoms with Gasteiger partial charge in [0.1, 0.15) is 5.75 Å². The number of rotatable bonds is 5. The first-order valence-electron chi connectivity index (χ1n) is 11.2. The molecule has 1 saturated heterocycles. The van der Waals surface area contributed by atoms with Crippen LogP contribution in [0.15, 0.2) is 24.3 Å². The quantitative estimate of drug-likeness (QED) is 0.531. The second kappa shape index (κ2) is 7.99. The first-order valence-corrected chi connectivity index (χ1v) is 14.1. The number of nitrogens with zero attached hydrogens (tertiary/aromatic N) is 1. The Bertz CT molecular complexity index is 937. The molecule has 7 nitrogen and oxygen atoms in total. The van der Waals surface area contributed by atoms with Crippen molar-refractivity contribution < 1.29 is 23.5 Å². The van der Waals surface area contributed by atoms with Gasteiger partial charge in [0, 0.05) is 0 Å². The summed E-state index contributed by atoms with van der Waals surface area (Å²) in [5.74, 6) is -1.47. The van der Waals surface area contributed by atoms with Crippen molar-refractivity contribution >= 4 is 26.0 Å². The molecule has 0 saturated carbocycles. The van der Waals surface area contributed by atoms with Crippen LogP contribution in [0, 0.1) is 11.8 Å². The number of imide groups is 1. The lowest BCUT2D eigenvalue weighted by Gasteiger charge is -2.48. The number of hydrogen-bond donors (Lipinski definition) is 1. The van der Waals surface area contributed by atoms with Crippen molar-refractivity contribution in [3.8, 4) is 5.75 Å². The highest BCUT2D eigenvalue weighted by Crippen LogP contribution is 2.40. The molecule has 3 rings (SSSR count). The van der Waals surface area contributed by atoms with Crippen LogP contribution in [0.2, 0.25) is 18.1 Å². The fourth-order valence-electron chi connectivity index (χ4n) is 4.21. The number of hydrogen-bond acceptors (Lipinski definition) is 5. The van der Waals surface area contributed by atoms with Crippen molar-refractivity contribution in [1.29, 1.82) is 0 Å². The number of ether oxygens (including phenoxy) is 1. The number of para-hydroxylation sites is 1. The standard InChI is InChI=1S/C24H36N2O5Si/c1-14(19-18(20(27)25-19)15(2)31-32(8,9)23(3,4)5)21(28)26-22(29)16-12-10-11-13-17(16)30-24(26,6)7/h10-15,18-19H,1-9H3,(H,25,27)/t14-,15+,18+,19+/m0/s1. The molecular formula is C24H36N2O5Si. The molecule has 1 aromatic carbocycles. The van der Waals surface area contributed by atoms with E-state index in [1.807, 2.05) is 6.92 Å². The van der Waals surface area contributed by atoms with Gasteiger partial charge in [0.2, 0.25) is 11.8 Å². The van der Waals surface area contributed by atoms with Crippen molar-refractivity contribution in [2.75, 3.05) is 0 Å². The van der Waals surface area contributed by atoms with Gasteiger partial charge in [-0.25, -0.2) is 4.90 Å². The number of carbonyl (C=O) groups excluding carboxylic acids is 3. The molecule has 2 aliphatic rings. The predicted octanol–water partition coefficient (Wildman–Crippen LogP) is 3.94. The number of carbonyl (C=O) groups is 3. The molecule has 0 aliphatic carbocycles. The zero-order chi connectivity index (χ0) is 24.2. The normalized spacial score (nSPS) is 24.6. The summed E-state index contributed by atoms with van der Waals surface area (Å²) in [6.45, 7) is 17.8. The van der Waals surface area contributed by atoms with Crippen LogP contribution in [0.1, 0.15) is 58.8 Å². The van der Waals surface area contributed by atoms with Crippen LogP contribution in [0.4, 0.5) is 0 Å². The first kappa shape index (κ1) is 24.4. The number of nitrogens with one attached hydrogen (secondary N) is 1. The van der Waals surface area contributed by atoms with Crippen molar-refractivity contribution in [3.63, 3.8) is 0 Å². The number of benzene rings is 1. The summed E-state index contributed by atoms with van der Waals surface area (Å²) in [5.41, 5.74) is -0.778. The fourth-order valence-corrected chi connectivity index (χ4v) is 5.64. The highest BCUT2D eigenvalue weighted by Gasteiger charge is 2.53. The summed E-state index contributed by atoms with van der Waals surface area (Å²) in [6.07, 6.45) is -0.327. The third-order valence-electron chi connectivity index (χ3n) is 7.16. The van der Waals surface area contributed by atoms with E-state index in [1.54, 1.807) is 45.0 Å². The molecular weight excluding hydrogens is 424 g/mol. The van der Waals surface area contributed by atoms with Crippen molar-refractivity contribution in [2.24, 2.45) is 11.8 Å². The molecule has 176 valence electrons. The average Bonchev–Trinajstić information content (AvgIpc) is 2.63. The fraction of sp³-hybridized carbons (Fsp3) is 0.625. The number of amides is 3. The highest BCUT2D eigenvalue weighted by atomic mass is 28.4. The van der Waals surface area contributed by atoms with Crippen molar-refractivity contribution in [1.82, 2.24) is 10.2 Å². The maximum absolute atomic E-state index is 13.5. The maximum Gasteiger partial charge on any atom is 0.267 e. The monoisotopic (exact) mass is 460 g/mol. The van der Waals surface area contributed by atoms with E-state index in [9.17, 15) is 14.4 Å². The lowest BCUT2D eigenvalue weighted by molar-refractivity contribution is -0.154. The summed E-state index contributed by atoms with van der Waals surface area (Å²) in [4.78, 5) is 40.4. The minimum absolute atomic E-state index is 0.00733. The molecule has 1 N–H and O–H groups in total. The van der Waals surface area contributed by atoms with Crippen LogP contribution in [-0.2, 0) is 14.0 Å². The molecule has 1 fully saturated rings. The molecule has 0 aromatic heterocycles. The smallest absolute Gasteiger partial charge is 0.267 e. The summed E-state index contributed by atoms with van der Waals surface area (Å²) in [5, 5.41) is 2.88. The van der Waals surface area contributed by atoms with E-state index in [2.05, 4.69) is 39.2 Å². The van der Waals surface area contributed by atoms with Crippen LogP contribution in [0.5, 0.6) is 5.75 Å². The van der Waals surface area contributed by atoms with Crippen LogP contribution < -0.4 is 10.1 Å². The second-order valence-electron chi connectivity index (χ2n) is 11.0. The van der Waals surface area contributed by atoms with E-state index < -0.39 is 31.9 Å². The van der Waals surface area contributed by atoms with E-state index in [1.165, 1.54) is 4.90 Å². The SMILES string of the molecule is C[C@H](C(=O)N1C(=O)c2ccccc2OC1(C)C)[C@H]1NC(=O)[C@@H]1[C@@H](C)O[Si](C)(C)C(C)(C)C. The third kappa shape index (κ3) is 4.10. The van der Waals surface area contributed by atoms with Crippen LogP contribution >= 0.6 is 0 Å². The average molecular weight is 461 g/mol. The van der Waals surface area contributed by atoms with Crippen LogP contribution in [0.25, 0.3) is 0 Å². The Balaban J connectivity index is 1.81. The molecule has 3 amide bonds. The molecule has 0 bridgehead atoms. The van der Waals surface area contributed by atoms with E-state index in [4.69, 9.17) is 9.16 Å². The Morgan fingerprint density at radius 3 is 2.34 bits per heavy atom. The van der Waals surface area contributed by atoms with Gasteiger partial charge in [-0.1, -0.05) is 39.8 Å². The molecule has 0 unspecified atom stereocenters. The van der Waals surface area contributed by atoms with Gasteiger partial charge < -0.3 is 14.5 Å². The van der Waals surface area contributed by atoms with Gasteiger partial charge in [-0.2, -0.15) is 0 Å². The molecule has 0 spiro atoms. The summed E-state index contributed by atoms with van der Waals surface area (Å²) in [6, 6.07) is 6.51. The molecule has 2 heterocycles. The first-order chi connectivity index (χ1) is 14.6. The Morgan fingerprint density at radius 2 is 1.78 bits per heavy atom. The Hall–Kier alpha value is -2.19. The Kier molecular flexibility index (Phi) is 6.10. The number of fused-ring (bicyclic) bond motifs is 1. The largest absolute Gasteiger partial charge is 0.467 e. The zero-order valence-electron chi connectivity index (χ0n) is 20.6. The predicted molar refractivity (Wildman–Crippen MR) is 125 cm³/mol. The van der Waals surface area contributed by atoms with Gasteiger partial charge in [-0.05, 0) is 51.0 Å². The van der Waals surface area contributed by atoms with Crippen molar-refractivity contribution in [3.05, 3.63) is 29.8 Å². The minimum atomic E-state index is -2.09. The van der Waals surface area contributed by atoms with Crippen LogP contribution in [-0.4, -0.2) is 48.8 Å². The van der Waals surface area contributed by atoms with Crippen molar-refractivity contribution in [2.45, 2.75) is 84.5 Å². The Labute approximate surface area is 192 Å². The molecule has 0 radical (unpaired) electrons. The Morgan fingerprint density at radius 1 is 1.19 bits per heavy atom. The van der Waals surface area contributed by atoms with E-state index in [0.29, 0.717) is 11.3 Å². The second-order valence-corrected chi connectivity index (χ2v) is 15.7. The molecule has 8 heteroatoms. The topological polar surface area (TPSA) is 84.9 Å². The third-order valence-corrected chi connectivity index (χ3v) is 11.7. The maximum atomic E-state index is 13.5. The van der Waals surface area contributed by atoms with Crippen LogP contribution in [0.3, 0.4) is 0 Å². The van der Waals surface area contributed by atoms with E-state index >= 15 is 0 Å². The summed E-state index contributed by atoms with van der Waals surface area (Å²) >= 11 is 0. The van der Waals surface area contributed by atoms with Gasteiger partial charge in [0.25, 0.3) is 5.91 Å². The molecule has 2 aliphatic heterocycles. The van der Waals surface area contributed by atoms with E-state index in [0.717, 1.165) is 0 Å². The van der Waals surface area contributed by atoms with E-state index in [-0.39, 0.29) is 28.9 Å². The summed E-state index contributed by atoms with van der Waals surface area (Å²) in [7, 11) is -2.09. The molecule has 1 aromatic rings. The minimum Gasteiger partial charge on any atom is -0.467 e. The molecule has 32 heavy (non-hydrogen) atoms. The van der Waals surface area contributed by atoms with Gasteiger partial charge >= 0.3 is 0 Å².